The zero-order valence-electron chi connectivity index (χ0n) is 15.5. The monoisotopic (exact) mass is 338 g/mol. The number of carbonyl (C=O) groups excluding carboxylic acids is 1. The predicted octanol–water partition coefficient (Wildman–Crippen LogP) is 3.14. The van der Waals surface area contributed by atoms with E-state index in [0.717, 1.165) is 54.1 Å². The van der Waals surface area contributed by atoms with E-state index < -0.39 is 0 Å². The fourth-order valence-corrected chi connectivity index (χ4v) is 3.56. The van der Waals surface area contributed by atoms with Crippen LogP contribution < -0.4 is 4.90 Å². The van der Waals surface area contributed by atoms with Crippen molar-refractivity contribution in [2.24, 2.45) is 0 Å². The number of hydrogen-bond donors (Lipinski definition) is 0. The number of aryl methyl sites for hydroxylation is 3. The van der Waals surface area contributed by atoms with Gasteiger partial charge >= 0.3 is 0 Å². The molecule has 3 rings (SSSR count). The van der Waals surface area contributed by atoms with E-state index in [2.05, 4.69) is 28.0 Å². The third-order valence-electron chi connectivity index (χ3n) is 4.92. The molecular weight excluding hydrogens is 312 g/mol. The van der Waals surface area contributed by atoms with Crippen molar-refractivity contribution in [1.82, 2.24) is 14.9 Å². The van der Waals surface area contributed by atoms with Crippen LogP contribution in [0.5, 0.6) is 0 Å². The van der Waals surface area contributed by atoms with Crippen LogP contribution in [0.4, 0.5) is 5.82 Å². The fraction of sp³-hybridized carbons (Fsp3) is 0.450. The van der Waals surface area contributed by atoms with Crippen LogP contribution in [0.3, 0.4) is 0 Å². The molecule has 1 aliphatic heterocycles. The third-order valence-corrected chi connectivity index (χ3v) is 4.92. The Kier molecular flexibility index (Phi) is 5.02. The Balaban J connectivity index is 1.64. The van der Waals surface area contributed by atoms with Crippen molar-refractivity contribution < 1.29 is 4.79 Å². The first-order valence-corrected chi connectivity index (χ1v) is 8.83. The van der Waals surface area contributed by atoms with Gasteiger partial charge in [0.15, 0.2) is 0 Å². The topological polar surface area (TPSA) is 49.3 Å². The van der Waals surface area contributed by atoms with Crippen LogP contribution in [-0.4, -0.2) is 47.0 Å². The number of hydrogen-bond acceptors (Lipinski definition) is 4. The Morgan fingerprint density at radius 3 is 2.28 bits per heavy atom. The van der Waals surface area contributed by atoms with Gasteiger partial charge in [0.25, 0.3) is 5.91 Å². The average Bonchev–Trinajstić information content (AvgIpc) is 2.60. The van der Waals surface area contributed by atoms with Crippen molar-refractivity contribution >= 4 is 11.7 Å². The maximum absolute atomic E-state index is 12.8. The van der Waals surface area contributed by atoms with E-state index in [0.29, 0.717) is 6.04 Å². The molecule has 0 spiro atoms. The number of benzene rings is 1. The molecule has 1 aromatic heterocycles. The van der Waals surface area contributed by atoms with E-state index >= 15 is 0 Å². The number of carbonyl (C=O) groups is 1. The summed E-state index contributed by atoms with van der Waals surface area (Å²) in [6.07, 6.45) is 3.52. The highest BCUT2D eigenvalue weighted by Crippen LogP contribution is 2.22. The summed E-state index contributed by atoms with van der Waals surface area (Å²) in [6, 6.07) is 8.47. The van der Waals surface area contributed by atoms with Crippen LogP contribution in [0, 0.1) is 20.8 Å². The summed E-state index contributed by atoms with van der Waals surface area (Å²) in [5, 5.41) is 0. The van der Waals surface area contributed by atoms with E-state index in [4.69, 9.17) is 0 Å². The second kappa shape index (κ2) is 7.21. The molecule has 1 aliphatic rings. The van der Waals surface area contributed by atoms with Gasteiger partial charge in [-0.05, 0) is 45.7 Å². The summed E-state index contributed by atoms with van der Waals surface area (Å²) in [7, 11) is 2.08. The Morgan fingerprint density at radius 1 is 1.04 bits per heavy atom. The molecule has 2 aromatic rings. The Morgan fingerprint density at radius 2 is 1.68 bits per heavy atom. The standard InChI is InChI=1S/C20H26N4O/c1-14-9-15(2)11-17(10-14)20(25)24-7-5-18(6-8-24)23(4)19-12-16(3)21-13-22-19/h9-13,18H,5-8H2,1-4H3. The maximum Gasteiger partial charge on any atom is 0.253 e. The largest absolute Gasteiger partial charge is 0.356 e. The number of amides is 1. The molecule has 0 bridgehead atoms. The van der Waals surface area contributed by atoms with Gasteiger partial charge in [-0.2, -0.15) is 0 Å². The molecule has 0 radical (unpaired) electrons. The highest BCUT2D eigenvalue weighted by atomic mass is 16.2. The van der Waals surface area contributed by atoms with Gasteiger partial charge in [-0.3, -0.25) is 4.79 Å². The predicted molar refractivity (Wildman–Crippen MR) is 100 cm³/mol. The lowest BCUT2D eigenvalue weighted by Crippen LogP contribution is -2.46. The molecule has 5 heteroatoms. The first kappa shape index (κ1) is 17.4. The van der Waals surface area contributed by atoms with Gasteiger partial charge in [0.05, 0.1) is 0 Å². The first-order chi connectivity index (χ1) is 11.9. The van der Waals surface area contributed by atoms with Gasteiger partial charge in [-0.1, -0.05) is 17.2 Å². The van der Waals surface area contributed by atoms with Crippen LogP contribution in [0.1, 0.15) is 40.0 Å². The first-order valence-electron chi connectivity index (χ1n) is 8.83. The van der Waals surface area contributed by atoms with Gasteiger partial charge in [-0.15, -0.1) is 0 Å². The number of rotatable bonds is 3. The number of anilines is 1. The van der Waals surface area contributed by atoms with Crippen LogP contribution in [-0.2, 0) is 0 Å². The lowest BCUT2D eigenvalue weighted by atomic mass is 10.0. The molecule has 25 heavy (non-hydrogen) atoms. The normalized spacial score (nSPS) is 15.3. The van der Waals surface area contributed by atoms with E-state index in [-0.39, 0.29) is 5.91 Å². The molecule has 1 saturated heterocycles. The molecular formula is C20H26N4O. The highest BCUT2D eigenvalue weighted by molar-refractivity contribution is 5.94. The minimum absolute atomic E-state index is 0.144. The second-order valence-electron chi connectivity index (χ2n) is 7.03. The lowest BCUT2D eigenvalue weighted by Gasteiger charge is -2.37. The molecule has 0 saturated carbocycles. The number of piperidine rings is 1. The lowest BCUT2D eigenvalue weighted by molar-refractivity contribution is 0.0713. The fourth-order valence-electron chi connectivity index (χ4n) is 3.56. The minimum Gasteiger partial charge on any atom is -0.356 e. The summed E-state index contributed by atoms with van der Waals surface area (Å²) in [6.45, 7) is 7.61. The quantitative estimate of drug-likeness (QED) is 0.863. The van der Waals surface area contributed by atoms with Gasteiger partial charge < -0.3 is 9.80 Å². The molecule has 0 aliphatic carbocycles. The van der Waals surface area contributed by atoms with Crippen molar-refractivity contribution in [2.75, 3.05) is 25.0 Å². The molecule has 0 N–H and O–H groups in total. The van der Waals surface area contributed by atoms with E-state index in [9.17, 15) is 4.79 Å². The number of aromatic nitrogens is 2. The number of likely N-dealkylation sites (tertiary alicyclic amines) is 1. The Labute approximate surface area is 149 Å². The van der Waals surface area contributed by atoms with Gasteiger partial charge in [0, 0.05) is 43.5 Å². The van der Waals surface area contributed by atoms with Crippen LogP contribution >= 0.6 is 0 Å². The van der Waals surface area contributed by atoms with Crippen LogP contribution in [0.15, 0.2) is 30.6 Å². The summed E-state index contributed by atoms with van der Waals surface area (Å²) < 4.78 is 0. The molecule has 1 fully saturated rings. The summed E-state index contributed by atoms with van der Waals surface area (Å²) >= 11 is 0. The molecule has 1 aromatic carbocycles. The second-order valence-corrected chi connectivity index (χ2v) is 7.03. The van der Waals surface area contributed by atoms with Crippen molar-refractivity contribution in [3.05, 3.63) is 53.0 Å². The van der Waals surface area contributed by atoms with E-state index in [1.165, 1.54) is 0 Å². The van der Waals surface area contributed by atoms with Crippen molar-refractivity contribution in [3.8, 4) is 0 Å². The van der Waals surface area contributed by atoms with E-state index in [1.54, 1.807) is 6.33 Å². The smallest absolute Gasteiger partial charge is 0.253 e. The minimum atomic E-state index is 0.144. The van der Waals surface area contributed by atoms with Crippen LogP contribution in [0.2, 0.25) is 0 Å². The van der Waals surface area contributed by atoms with Crippen molar-refractivity contribution in [3.63, 3.8) is 0 Å². The SMILES string of the molecule is Cc1cc(C)cc(C(=O)N2CCC(N(C)c3cc(C)ncn3)CC2)c1. The van der Waals surface area contributed by atoms with Gasteiger partial charge in [-0.25, -0.2) is 9.97 Å². The van der Waals surface area contributed by atoms with Gasteiger partial charge in [0.1, 0.15) is 12.1 Å². The van der Waals surface area contributed by atoms with Crippen molar-refractivity contribution in [1.29, 1.82) is 0 Å². The third kappa shape index (κ3) is 3.98. The van der Waals surface area contributed by atoms with Crippen LogP contribution in [0.25, 0.3) is 0 Å². The Bertz CT molecular complexity index is 746. The zero-order chi connectivity index (χ0) is 18.0. The summed E-state index contributed by atoms with van der Waals surface area (Å²) in [5.41, 5.74) is 4.05. The Hall–Kier alpha value is -2.43. The van der Waals surface area contributed by atoms with E-state index in [1.807, 2.05) is 43.9 Å². The molecule has 1 amide bonds. The molecule has 0 atom stereocenters. The van der Waals surface area contributed by atoms with Crippen molar-refractivity contribution in [2.45, 2.75) is 39.7 Å². The number of nitrogens with zero attached hydrogens (tertiary/aromatic N) is 4. The van der Waals surface area contributed by atoms with Gasteiger partial charge in [0.2, 0.25) is 0 Å². The molecule has 0 unspecified atom stereocenters. The molecule has 2 heterocycles. The maximum atomic E-state index is 12.8. The molecule has 5 nitrogen and oxygen atoms in total. The molecule has 132 valence electrons. The zero-order valence-corrected chi connectivity index (χ0v) is 15.5. The highest BCUT2D eigenvalue weighted by Gasteiger charge is 2.26. The average molecular weight is 338 g/mol. The summed E-state index contributed by atoms with van der Waals surface area (Å²) in [5.74, 6) is 1.09. The summed E-state index contributed by atoms with van der Waals surface area (Å²) in [4.78, 5) is 25.5.